The van der Waals surface area contributed by atoms with Crippen molar-refractivity contribution in [3.05, 3.63) is 53.9 Å². The molecule has 1 aromatic carbocycles. The Balaban J connectivity index is 1.46. The highest BCUT2D eigenvalue weighted by atomic mass is 32.2. The molecule has 1 aromatic heterocycles. The Hall–Kier alpha value is -2.66. The smallest absolute Gasteiger partial charge is 0.371 e. The predicted octanol–water partition coefficient (Wildman–Crippen LogP) is 2.85. The second kappa shape index (κ2) is 8.36. The number of aromatic nitrogens is 1. The minimum atomic E-state index is -4.54. The number of sulfonamides is 1. The summed E-state index contributed by atoms with van der Waals surface area (Å²) in [6.07, 6.45) is -1.83. The van der Waals surface area contributed by atoms with Crippen molar-refractivity contribution >= 4 is 21.6 Å². The summed E-state index contributed by atoms with van der Waals surface area (Å²) in [5.41, 5.74) is 0.333. The topological polar surface area (TPSA) is 73.8 Å². The van der Waals surface area contributed by atoms with Gasteiger partial charge in [0, 0.05) is 50.6 Å². The summed E-state index contributed by atoms with van der Waals surface area (Å²) in [7, 11) is -3.98. The predicted molar refractivity (Wildman–Crippen MR) is 112 cm³/mol. The summed E-state index contributed by atoms with van der Waals surface area (Å²) in [5.74, 6) is -0.272. The molecule has 2 aromatic rings. The number of carbonyl (C=O) groups is 1. The normalized spacial score (nSPS) is 20.2. The molecular formula is C21H23F3N4O3S. The van der Waals surface area contributed by atoms with Crippen LogP contribution in [0.4, 0.5) is 18.9 Å². The zero-order valence-corrected chi connectivity index (χ0v) is 18.2. The number of amides is 1. The van der Waals surface area contributed by atoms with Gasteiger partial charge in [0.05, 0.1) is 10.5 Å². The Morgan fingerprint density at radius 1 is 1.06 bits per heavy atom. The minimum Gasteiger partial charge on any atom is -0.371 e. The van der Waals surface area contributed by atoms with Crippen molar-refractivity contribution in [3.8, 4) is 0 Å². The van der Waals surface area contributed by atoms with Gasteiger partial charge in [-0.3, -0.25) is 9.78 Å². The molecular weight excluding hydrogens is 445 g/mol. The molecule has 1 atom stereocenters. The van der Waals surface area contributed by atoms with Crippen molar-refractivity contribution in [1.82, 2.24) is 14.2 Å². The molecule has 0 saturated carbocycles. The molecule has 1 amide bonds. The minimum absolute atomic E-state index is 0.0426. The number of hydrogen-bond acceptors (Lipinski definition) is 5. The highest BCUT2D eigenvalue weighted by Crippen LogP contribution is 2.30. The number of piperazine rings is 1. The molecule has 0 radical (unpaired) electrons. The molecule has 172 valence electrons. The first-order chi connectivity index (χ1) is 15.1. The zero-order valence-electron chi connectivity index (χ0n) is 17.4. The number of halogens is 3. The molecule has 3 heterocycles. The fraction of sp³-hybridized carbons (Fsp3) is 0.429. The third-order valence-electron chi connectivity index (χ3n) is 5.85. The summed E-state index contributed by atoms with van der Waals surface area (Å²) in [5, 5.41) is 0. The number of hydrogen-bond donors (Lipinski definition) is 0. The summed E-state index contributed by atoms with van der Waals surface area (Å²) >= 11 is 0. The maximum atomic E-state index is 13.0. The Labute approximate surface area is 184 Å². The Morgan fingerprint density at radius 2 is 1.75 bits per heavy atom. The highest BCUT2D eigenvalue weighted by molar-refractivity contribution is 7.89. The maximum absolute atomic E-state index is 13.0. The van der Waals surface area contributed by atoms with Gasteiger partial charge in [-0.1, -0.05) is 0 Å². The van der Waals surface area contributed by atoms with Gasteiger partial charge in [-0.15, -0.1) is 0 Å². The van der Waals surface area contributed by atoms with E-state index in [0.29, 0.717) is 5.69 Å². The van der Waals surface area contributed by atoms with Gasteiger partial charge in [0.15, 0.2) is 0 Å². The van der Waals surface area contributed by atoms with E-state index < -0.39 is 27.8 Å². The molecule has 4 rings (SSSR count). The van der Waals surface area contributed by atoms with Gasteiger partial charge >= 0.3 is 6.18 Å². The van der Waals surface area contributed by atoms with Crippen molar-refractivity contribution in [2.45, 2.75) is 30.5 Å². The molecule has 2 fully saturated rings. The summed E-state index contributed by atoms with van der Waals surface area (Å²) in [6, 6.07) is 6.62. The summed E-state index contributed by atoms with van der Waals surface area (Å²) in [6.45, 7) is 3.87. The largest absolute Gasteiger partial charge is 0.416 e. The number of rotatable bonds is 4. The van der Waals surface area contributed by atoms with Gasteiger partial charge < -0.3 is 9.80 Å². The van der Waals surface area contributed by atoms with Crippen molar-refractivity contribution in [3.63, 3.8) is 0 Å². The third-order valence-corrected chi connectivity index (χ3v) is 7.73. The first-order valence-corrected chi connectivity index (χ1v) is 11.7. The summed E-state index contributed by atoms with van der Waals surface area (Å²) < 4.78 is 65.4. The lowest BCUT2D eigenvalue weighted by atomic mass is 10.1. The molecule has 2 saturated heterocycles. The van der Waals surface area contributed by atoms with Gasteiger partial charge in [-0.2, -0.15) is 17.5 Å². The molecule has 0 N–H and O–H groups in total. The average Bonchev–Trinajstić information content (AvgIpc) is 2.71. The quantitative estimate of drug-likeness (QED) is 0.690. The number of alkyl halides is 3. The van der Waals surface area contributed by atoms with Crippen LogP contribution in [0.1, 0.15) is 29.4 Å². The lowest BCUT2D eigenvalue weighted by Crippen LogP contribution is -2.55. The monoisotopic (exact) mass is 468 g/mol. The Kier molecular flexibility index (Phi) is 5.89. The molecule has 11 heteroatoms. The second-order valence-corrected chi connectivity index (χ2v) is 9.91. The molecule has 0 bridgehead atoms. The lowest BCUT2D eigenvalue weighted by Gasteiger charge is -2.39. The SMILES string of the molecule is CC1CN(S(=O)(=O)c2ccc(C(F)(F)F)cc2)CCN1C(=O)c1cc(N2CCC2)ccn1. The molecule has 7 nitrogen and oxygen atoms in total. The van der Waals surface area contributed by atoms with Crippen LogP contribution in [0.5, 0.6) is 0 Å². The average molecular weight is 469 g/mol. The van der Waals surface area contributed by atoms with E-state index in [4.69, 9.17) is 0 Å². The lowest BCUT2D eigenvalue weighted by molar-refractivity contribution is -0.137. The van der Waals surface area contributed by atoms with Crippen molar-refractivity contribution in [2.75, 3.05) is 37.6 Å². The van der Waals surface area contributed by atoms with Crippen molar-refractivity contribution in [2.24, 2.45) is 0 Å². The summed E-state index contributed by atoms with van der Waals surface area (Å²) in [4.78, 5) is 20.7. The van der Waals surface area contributed by atoms with E-state index in [0.717, 1.165) is 49.5 Å². The zero-order chi connectivity index (χ0) is 23.1. The number of pyridine rings is 1. The van der Waals surface area contributed by atoms with E-state index in [2.05, 4.69) is 9.88 Å². The van der Waals surface area contributed by atoms with Gasteiger partial charge in [0.25, 0.3) is 5.91 Å². The fourth-order valence-corrected chi connectivity index (χ4v) is 5.38. The molecule has 1 unspecified atom stereocenters. The van der Waals surface area contributed by atoms with Crippen LogP contribution in [0.15, 0.2) is 47.5 Å². The van der Waals surface area contributed by atoms with E-state index in [1.54, 1.807) is 24.1 Å². The van der Waals surface area contributed by atoms with Crippen LogP contribution in [0.3, 0.4) is 0 Å². The van der Waals surface area contributed by atoms with Gasteiger partial charge in [0.1, 0.15) is 5.69 Å². The van der Waals surface area contributed by atoms with Gasteiger partial charge in [-0.25, -0.2) is 8.42 Å². The first-order valence-electron chi connectivity index (χ1n) is 10.3. The standard InChI is InChI=1S/C21H23F3N4O3S/c1-15-14-27(32(30,31)18-5-3-16(4-6-18)21(22,23)24)11-12-28(15)20(29)19-13-17(7-8-25-19)26-9-2-10-26/h3-8,13,15H,2,9-12,14H2,1H3. The molecule has 2 aliphatic heterocycles. The van der Waals surface area contributed by atoms with E-state index in [1.165, 1.54) is 4.31 Å². The van der Waals surface area contributed by atoms with Gasteiger partial charge in [-0.05, 0) is 49.7 Å². The van der Waals surface area contributed by atoms with Gasteiger partial charge in [0.2, 0.25) is 10.0 Å². The van der Waals surface area contributed by atoms with E-state index >= 15 is 0 Å². The van der Waals surface area contributed by atoms with Crippen LogP contribution >= 0.6 is 0 Å². The molecule has 0 spiro atoms. The highest BCUT2D eigenvalue weighted by Gasteiger charge is 2.36. The molecule has 2 aliphatic rings. The van der Waals surface area contributed by atoms with Crippen LogP contribution in [-0.4, -0.2) is 67.3 Å². The second-order valence-electron chi connectivity index (χ2n) is 7.97. The number of benzene rings is 1. The van der Waals surface area contributed by atoms with Crippen LogP contribution < -0.4 is 4.90 Å². The first kappa shape index (κ1) is 22.5. The number of carbonyl (C=O) groups excluding carboxylic acids is 1. The number of nitrogens with zero attached hydrogens (tertiary/aromatic N) is 4. The van der Waals surface area contributed by atoms with Crippen molar-refractivity contribution < 1.29 is 26.4 Å². The van der Waals surface area contributed by atoms with E-state index in [-0.39, 0.29) is 30.4 Å². The Morgan fingerprint density at radius 3 is 2.31 bits per heavy atom. The van der Waals surface area contributed by atoms with E-state index in [9.17, 15) is 26.4 Å². The maximum Gasteiger partial charge on any atom is 0.416 e. The van der Waals surface area contributed by atoms with Crippen LogP contribution in [-0.2, 0) is 16.2 Å². The van der Waals surface area contributed by atoms with Crippen LogP contribution in [0.2, 0.25) is 0 Å². The van der Waals surface area contributed by atoms with E-state index in [1.807, 2.05) is 6.07 Å². The van der Waals surface area contributed by atoms with Crippen LogP contribution in [0.25, 0.3) is 0 Å². The number of anilines is 1. The fourth-order valence-electron chi connectivity index (χ4n) is 3.86. The van der Waals surface area contributed by atoms with Crippen molar-refractivity contribution in [1.29, 1.82) is 0 Å². The van der Waals surface area contributed by atoms with Crippen LogP contribution in [0, 0.1) is 0 Å². The third kappa shape index (κ3) is 4.31. The molecule has 32 heavy (non-hydrogen) atoms. The molecule has 0 aliphatic carbocycles. The Bertz CT molecular complexity index is 1100.